The third kappa shape index (κ3) is 3.12. The Hall–Kier alpha value is -3.74. The van der Waals surface area contributed by atoms with Gasteiger partial charge in [-0.3, -0.25) is 9.36 Å². The van der Waals surface area contributed by atoms with Crippen molar-refractivity contribution in [1.82, 2.24) is 24.1 Å². The second kappa shape index (κ2) is 7.75. The van der Waals surface area contributed by atoms with E-state index in [1.807, 2.05) is 66.9 Å². The molecule has 0 spiro atoms. The number of benzene rings is 2. The van der Waals surface area contributed by atoms with E-state index in [2.05, 4.69) is 6.92 Å². The summed E-state index contributed by atoms with van der Waals surface area (Å²) < 4.78 is 9.06. The molecule has 0 aliphatic carbocycles. The number of hydrogen-bond acceptors (Lipinski definition) is 5. The summed E-state index contributed by atoms with van der Waals surface area (Å²) in [6, 6.07) is 15.7. The molecule has 0 fully saturated rings. The van der Waals surface area contributed by atoms with E-state index in [0.717, 1.165) is 28.8 Å². The molecule has 1 unspecified atom stereocenters. The Balaban J connectivity index is 1.85. The third-order valence-corrected chi connectivity index (χ3v) is 6.10. The van der Waals surface area contributed by atoms with Crippen LogP contribution in [0.3, 0.4) is 0 Å². The van der Waals surface area contributed by atoms with Gasteiger partial charge in [-0.25, -0.2) is 15.0 Å². The van der Waals surface area contributed by atoms with Crippen molar-refractivity contribution in [2.75, 3.05) is 7.11 Å². The van der Waals surface area contributed by atoms with Crippen LogP contribution in [0.2, 0.25) is 0 Å². The first-order valence-electron chi connectivity index (χ1n) is 10.8. The molecular weight excluding hydrogens is 402 g/mol. The lowest BCUT2D eigenvalue weighted by Gasteiger charge is -2.16. The predicted octanol–water partition coefficient (Wildman–Crippen LogP) is 4.63. The van der Waals surface area contributed by atoms with E-state index in [1.54, 1.807) is 11.7 Å². The molecule has 5 rings (SSSR count). The average Bonchev–Trinajstić information content (AvgIpc) is 3.10. The van der Waals surface area contributed by atoms with Gasteiger partial charge in [0.1, 0.15) is 22.5 Å². The highest BCUT2D eigenvalue weighted by Gasteiger charge is 2.22. The Morgan fingerprint density at radius 2 is 1.66 bits per heavy atom. The summed E-state index contributed by atoms with van der Waals surface area (Å²) in [5, 5.41) is 0.526. The van der Waals surface area contributed by atoms with Gasteiger partial charge in [0, 0.05) is 6.04 Å². The molecule has 5 aromatic rings. The summed E-state index contributed by atoms with van der Waals surface area (Å²) in [4.78, 5) is 28.3. The van der Waals surface area contributed by atoms with Crippen molar-refractivity contribution in [2.45, 2.75) is 39.8 Å². The second-order valence-corrected chi connectivity index (χ2v) is 8.11. The summed E-state index contributed by atoms with van der Waals surface area (Å²) >= 11 is 0. The third-order valence-electron chi connectivity index (χ3n) is 6.10. The van der Waals surface area contributed by atoms with Crippen molar-refractivity contribution in [3.8, 4) is 5.75 Å². The standard InChI is InChI=1S/C25H25N5O2/c1-5-15(2)30-16(3)26-23-21(25(30)31)22-24(28-20-9-7-6-8-19(20)27-22)29(23)14-17-10-12-18(32-4)13-11-17/h6-13,15H,5,14H2,1-4H3. The Kier molecular flexibility index (Phi) is 4.89. The Morgan fingerprint density at radius 1 is 0.969 bits per heavy atom. The highest BCUT2D eigenvalue weighted by atomic mass is 16.5. The molecule has 0 aliphatic rings. The van der Waals surface area contributed by atoms with E-state index in [1.165, 1.54) is 0 Å². The highest BCUT2D eigenvalue weighted by molar-refractivity contribution is 6.04. The lowest BCUT2D eigenvalue weighted by Crippen LogP contribution is -2.26. The fraction of sp³-hybridized carbons (Fsp3) is 0.280. The largest absolute Gasteiger partial charge is 0.497 e. The minimum absolute atomic E-state index is 0.0489. The zero-order valence-electron chi connectivity index (χ0n) is 18.7. The topological polar surface area (TPSA) is 74.8 Å². The highest BCUT2D eigenvalue weighted by Crippen LogP contribution is 2.27. The van der Waals surface area contributed by atoms with Gasteiger partial charge in [0.25, 0.3) is 5.56 Å². The molecule has 0 saturated heterocycles. The summed E-state index contributed by atoms with van der Waals surface area (Å²) in [6.45, 7) is 6.52. The fourth-order valence-electron chi connectivity index (χ4n) is 4.24. The number of hydrogen-bond donors (Lipinski definition) is 0. The molecule has 162 valence electrons. The van der Waals surface area contributed by atoms with Crippen LogP contribution in [0.25, 0.3) is 33.2 Å². The van der Waals surface area contributed by atoms with Gasteiger partial charge in [0.05, 0.1) is 24.7 Å². The minimum Gasteiger partial charge on any atom is -0.497 e. The van der Waals surface area contributed by atoms with Gasteiger partial charge in [-0.1, -0.05) is 31.2 Å². The van der Waals surface area contributed by atoms with E-state index in [4.69, 9.17) is 19.7 Å². The quantitative estimate of drug-likeness (QED) is 0.409. The summed E-state index contributed by atoms with van der Waals surface area (Å²) in [7, 11) is 1.65. The zero-order chi connectivity index (χ0) is 22.4. The smallest absolute Gasteiger partial charge is 0.265 e. The molecule has 0 bridgehead atoms. The van der Waals surface area contributed by atoms with Gasteiger partial charge in [0.15, 0.2) is 11.3 Å². The molecule has 3 aromatic heterocycles. The van der Waals surface area contributed by atoms with Crippen molar-refractivity contribution in [1.29, 1.82) is 0 Å². The van der Waals surface area contributed by atoms with Gasteiger partial charge in [-0.05, 0) is 50.1 Å². The first-order chi connectivity index (χ1) is 15.5. The molecule has 1 atom stereocenters. The lowest BCUT2D eigenvalue weighted by molar-refractivity contribution is 0.414. The SMILES string of the molecule is CCC(C)n1c(C)nc2c(c1=O)c1nc3ccccc3nc1n2Cc1ccc(OC)cc1. The first-order valence-corrected chi connectivity index (χ1v) is 10.8. The molecular formula is C25H25N5O2. The number of aromatic nitrogens is 5. The molecule has 0 radical (unpaired) electrons. The number of methoxy groups -OCH3 is 1. The van der Waals surface area contributed by atoms with E-state index < -0.39 is 0 Å². The molecule has 7 nitrogen and oxygen atoms in total. The summed E-state index contributed by atoms with van der Waals surface area (Å²) in [5.74, 6) is 1.49. The number of rotatable bonds is 5. The fourth-order valence-corrected chi connectivity index (χ4v) is 4.24. The number of para-hydroxylation sites is 2. The van der Waals surface area contributed by atoms with Crippen molar-refractivity contribution in [3.05, 3.63) is 70.3 Å². The number of aryl methyl sites for hydroxylation is 1. The van der Waals surface area contributed by atoms with Crippen molar-refractivity contribution >= 4 is 33.2 Å². The van der Waals surface area contributed by atoms with Crippen molar-refractivity contribution in [3.63, 3.8) is 0 Å². The predicted molar refractivity (Wildman–Crippen MR) is 126 cm³/mol. The van der Waals surface area contributed by atoms with Crippen LogP contribution in [0.1, 0.15) is 37.7 Å². The van der Waals surface area contributed by atoms with Crippen LogP contribution in [-0.4, -0.2) is 31.2 Å². The Bertz CT molecular complexity index is 1520. The van der Waals surface area contributed by atoms with E-state index in [9.17, 15) is 4.79 Å². The van der Waals surface area contributed by atoms with Gasteiger partial charge in [0.2, 0.25) is 0 Å². The van der Waals surface area contributed by atoms with Gasteiger partial charge in [-0.2, -0.15) is 0 Å². The van der Waals surface area contributed by atoms with Crippen molar-refractivity contribution < 1.29 is 4.74 Å². The first kappa shape index (κ1) is 20.2. The van der Waals surface area contributed by atoms with Crippen molar-refractivity contribution in [2.24, 2.45) is 0 Å². The van der Waals surface area contributed by atoms with Gasteiger partial charge < -0.3 is 9.30 Å². The Labute approximate surface area is 185 Å². The lowest BCUT2D eigenvalue weighted by atomic mass is 10.2. The molecule has 0 aliphatic heterocycles. The van der Waals surface area contributed by atoms with Crippen LogP contribution in [0.5, 0.6) is 5.75 Å². The Morgan fingerprint density at radius 3 is 2.31 bits per heavy atom. The van der Waals surface area contributed by atoms with E-state index >= 15 is 0 Å². The van der Waals surface area contributed by atoms with Crippen LogP contribution >= 0.6 is 0 Å². The average molecular weight is 428 g/mol. The second-order valence-electron chi connectivity index (χ2n) is 8.11. The molecule has 32 heavy (non-hydrogen) atoms. The molecule has 3 heterocycles. The molecule has 7 heteroatoms. The normalized spacial score (nSPS) is 12.6. The maximum Gasteiger partial charge on any atom is 0.265 e. The zero-order valence-corrected chi connectivity index (χ0v) is 18.7. The van der Waals surface area contributed by atoms with Crippen LogP contribution in [0.15, 0.2) is 53.3 Å². The number of nitrogens with zero attached hydrogens (tertiary/aromatic N) is 5. The number of ether oxygens (including phenoxy) is 1. The molecule has 0 amide bonds. The molecule has 0 N–H and O–H groups in total. The van der Waals surface area contributed by atoms with Crippen LogP contribution in [0.4, 0.5) is 0 Å². The summed E-state index contributed by atoms with van der Waals surface area (Å²) in [5.41, 5.74) is 4.43. The molecule has 2 aromatic carbocycles. The minimum atomic E-state index is -0.0649. The van der Waals surface area contributed by atoms with E-state index in [0.29, 0.717) is 34.6 Å². The van der Waals surface area contributed by atoms with Crippen LogP contribution in [0, 0.1) is 6.92 Å². The number of fused-ring (bicyclic) bond motifs is 4. The van der Waals surface area contributed by atoms with Gasteiger partial charge in [-0.15, -0.1) is 0 Å². The summed E-state index contributed by atoms with van der Waals surface area (Å²) in [6.07, 6.45) is 0.840. The van der Waals surface area contributed by atoms with Crippen LogP contribution < -0.4 is 10.3 Å². The monoisotopic (exact) mass is 427 g/mol. The van der Waals surface area contributed by atoms with Crippen LogP contribution in [-0.2, 0) is 6.54 Å². The van der Waals surface area contributed by atoms with E-state index in [-0.39, 0.29) is 11.6 Å². The maximum absolute atomic E-state index is 13.7. The molecule has 0 saturated carbocycles. The maximum atomic E-state index is 13.7. The van der Waals surface area contributed by atoms with Gasteiger partial charge >= 0.3 is 0 Å².